The van der Waals surface area contributed by atoms with Crippen LogP contribution in [0.1, 0.15) is 13.3 Å². The van der Waals surface area contributed by atoms with Crippen LogP contribution in [0.3, 0.4) is 0 Å². The van der Waals surface area contributed by atoms with E-state index >= 15 is 0 Å². The van der Waals surface area contributed by atoms with Gasteiger partial charge in [-0.05, 0) is 19.1 Å². The molecule has 1 aromatic rings. The van der Waals surface area contributed by atoms with Gasteiger partial charge < -0.3 is 9.84 Å². The lowest BCUT2D eigenvalue weighted by Crippen LogP contribution is -2.43. The fourth-order valence-corrected chi connectivity index (χ4v) is 1.43. The van der Waals surface area contributed by atoms with Crippen LogP contribution >= 0.6 is 0 Å². The Labute approximate surface area is 109 Å². The molecule has 0 fully saturated rings. The number of aliphatic hydroxyl groups excluding tert-OH is 1. The van der Waals surface area contributed by atoms with E-state index in [1.54, 1.807) is 0 Å². The van der Waals surface area contributed by atoms with Gasteiger partial charge in [0.1, 0.15) is 19.7 Å². The van der Waals surface area contributed by atoms with Crippen molar-refractivity contribution in [3.05, 3.63) is 24.3 Å². The maximum absolute atomic E-state index is 13.5. The Morgan fingerprint density at radius 2 is 1.74 bits per heavy atom. The zero-order chi connectivity index (χ0) is 14.7. The van der Waals surface area contributed by atoms with Crippen LogP contribution < -0.4 is 10.2 Å². The van der Waals surface area contributed by atoms with E-state index in [1.165, 1.54) is 24.3 Å². The third kappa shape index (κ3) is 4.42. The van der Waals surface area contributed by atoms with Crippen molar-refractivity contribution < 1.29 is 27.4 Å². The van der Waals surface area contributed by atoms with Crippen molar-refractivity contribution >= 4 is 13.3 Å². The van der Waals surface area contributed by atoms with Crippen LogP contribution in [0.25, 0.3) is 0 Å². The molecule has 0 aromatic heterocycles. The molecule has 0 heterocycles. The molecule has 0 saturated carbocycles. The second-order valence-electron chi connectivity index (χ2n) is 4.39. The highest BCUT2D eigenvalue weighted by atomic mass is 19.4. The minimum absolute atomic E-state index is 0.214. The van der Waals surface area contributed by atoms with Crippen molar-refractivity contribution in [3.8, 4) is 5.75 Å². The molecule has 0 aliphatic carbocycles. The Bertz CT molecular complexity index is 403. The average Bonchev–Trinajstić information content (AvgIpc) is 2.29. The van der Waals surface area contributed by atoms with E-state index in [-0.39, 0.29) is 5.75 Å². The maximum atomic E-state index is 13.5. The first-order valence-corrected chi connectivity index (χ1v) is 5.54. The van der Waals surface area contributed by atoms with Gasteiger partial charge in [0.05, 0.1) is 6.61 Å². The standard InChI is InChI=1S/C12H13BF4O2/c1-11(14,12(15,16)17)6-10(7-18)19-9-4-2-8(13)3-5-9/h2-5,10,18H,6-7H2,1H3. The number of alkyl halides is 4. The van der Waals surface area contributed by atoms with Gasteiger partial charge in [0.25, 0.3) is 0 Å². The van der Waals surface area contributed by atoms with Gasteiger partial charge in [-0.3, -0.25) is 0 Å². The molecule has 2 nitrogen and oxygen atoms in total. The predicted molar refractivity (Wildman–Crippen MR) is 63.5 cm³/mol. The third-order valence-electron chi connectivity index (χ3n) is 2.59. The SMILES string of the molecule is [B]c1ccc(OC(CO)CC(C)(F)C(F)(F)F)cc1. The molecule has 0 saturated heterocycles. The molecule has 0 aliphatic rings. The van der Waals surface area contributed by atoms with Crippen molar-refractivity contribution in [2.75, 3.05) is 6.61 Å². The molecule has 104 valence electrons. The normalized spacial score (nSPS) is 16.7. The monoisotopic (exact) mass is 276 g/mol. The molecule has 2 unspecified atom stereocenters. The summed E-state index contributed by atoms with van der Waals surface area (Å²) in [7, 11) is 5.44. The van der Waals surface area contributed by atoms with Crippen molar-refractivity contribution in [2.45, 2.75) is 31.3 Å². The highest BCUT2D eigenvalue weighted by Gasteiger charge is 2.53. The lowest BCUT2D eigenvalue weighted by Gasteiger charge is -2.27. The molecular formula is C12H13BF4O2. The fourth-order valence-electron chi connectivity index (χ4n) is 1.43. The molecule has 1 aromatic carbocycles. The number of benzene rings is 1. The van der Waals surface area contributed by atoms with Crippen LogP contribution in [-0.4, -0.2) is 37.5 Å². The summed E-state index contributed by atoms with van der Waals surface area (Å²) in [6, 6.07) is 5.84. The van der Waals surface area contributed by atoms with E-state index in [0.717, 1.165) is 0 Å². The van der Waals surface area contributed by atoms with Crippen molar-refractivity contribution in [1.82, 2.24) is 0 Å². The molecule has 0 aliphatic heterocycles. The molecule has 0 amide bonds. The second-order valence-corrected chi connectivity index (χ2v) is 4.39. The van der Waals surface area contributed by atoms with Gasteiger partial charge >= 0.3 is 6.18 Å². The van der Waals surface area contributed by atoms with Gasteiger partial charge in [0.15, 0.2) is 0 Å². The molecule has 1 N–H and O–H groups in total. The number of hydrogen-bond acceptors (Lipinski definition) is 2. The topological polar surface area (TPSA) is 29.5 Å². The zero-order valence-corrected chi connectivity index (χ0v) is 10.2. The average molecular weight is 276 g/mol. The summed E-state index contributed by atoms with van der Waals surface area (Å²) in [5.74, 6) is 0.214. The smallest absolute Gasteiger partial charge is 0.422 e. The summed E-state index contributed by atoms with van der Waals surface area (Å²) in [6.45, 7) is -0.304. The minimum atomic E-state index is -5.01. The van der Waals surface area contributed by atoms with Crippen molar-refractivity contribution in [2.24, 2.45) is 0 Å². The lowest BCUT2D eigenvalue weighted by atomic mass is 9.96. The van der Waals surface area contributed by atoms with Gasteiger partial charge in [-0.1, -0.05) is 17.6 Å². The Morgan fingerprint density at radius 3 is 2.16 bits per heavy atom. The number of hydrogen-bond donors (Lipinski definition) is 1. The molecular weight excluding hydrogens is 263 g/mol. The van der Waals surface area contributed by atoms with Crippen LogP contribution in [0, 0.1) is 0 Å². The highest BCUT2D eigenvalue weighted by molar-refractivity contribution is 6.32. The molecule has 2 atom stereocenters. The minimum Gasteiger partial charge on any atom is -0.488 e. The fraction of sp³-hybridized carbons (Fsp3) is 0.500. The maximum Gasteiger partial charge on any atom is 0.422 e. The van der Waals surface area contributed by atoms with Crippen LogP contribution in [0.5, 0.6) is 5.75 Å². The summed E-state index contributed by atoms with van der Waals surface area (Å²) in [6.07, 6.45) is -7.29. The molecule has 19 heavy (non-hydrogen) atoms. The zero-order valence-electron chi connectivity index (χ0n) is 10.2. The Morgan fingerprint density at radius 1 is 1.21 bits per heavy atom. The van der Waals surface area contributed by atoms with E-state index in [1.807, 2.05) is 0 Å². The molecule has 1 rings (SSSR count). The first kappa shape index (κ1) is 15.8. The Hall–Kier alpha value is -1.24. The first-order chi connectivity index (χ1) is 8.65. The van der Waals surface area contributed by atoms with Crippen molar-refractivity contribution in [3.63, 3.8) is 0 Å². The van der Waals surface area contributed by atoms with Gasteiger partial charge in [0.2, 0.25) is 5.67 Å². The van der Waals surface area contributed by atoms with Crippen LogP contribution in [0.15, 0.2) is 24.3 Å². The van der Waals surface area contributed by atoms with Crippen LogP contribution in [0.4, 0.5) is 17.6 Å². The highest BCUT2D eigenvalue weighted by Crippen LogP contribution is 2.37. The largest absolute Gasteiger partial charge is 0.488 e. The van der Waals surface area contributed by atoms with Crippen LogP contribution in [0.2, 0.25) is 0 Å². The Balaban J connectivity index is 2.72. The van der Waals surface area contributed by atoms with Gasteiger partial charge in [0, 0.05) is 6.42 Å². The van der Waals surface area contributed by atoms with Gasteiger partial charge in [-0.2, -0.15) is 13.2 Å². The molecule has 7 heteroatoms. The molecule has 0 spiro atoms. The molecule has 2 radical (unpaired) electrons. The Kier molecular flexibility index (Phi) is 4.84. The van der Waals surface area contributed by atoms with E-state index in [9.17, 15) is 17.6 Å². The lowest BCUT2D eigenvalue weighted by molar-refractivity contribution is -0.231. The summed E-state index contributed by atoms with van der Waals surface area (Å²) >= 11 is 0. The number of halogens is 4. The number of rotatable bonds is 5. The van der Waals surface area contributed by atoms with Crippen molar-refractivity contribution in [1.29, 1.82) is 0 Å². The van der Waals surface area contributed by atoms with E-state index in [2.05, 4.69) is 0 Å². The quantitative estimate of drug-likeness (QED) is 0.657. The summed E-state index contributed by atoms with van der Waals surface area (Å²) < 4.78 is 55.7. The third-order valence-corrected chi connectivity index (χ3v) is 2.59. The summed E-state index contributed by atoms with van der Waals surface area (Å²) in [4.78, 5) is 0. The van der Waals surface area contributed by atoms with E-state index in [0.29, 0.717) is 12.4 Å². The van der Waals surface area contributed by atoms with Gasteiger partial charge in [-0.25, -0.2) is 4.39 Å². The summed E-state index contributed by atoms with van der Waals surface area (Å²) in [5, 5.41) is 8.99. The second kappa shape index (κ2) is 5.82. The number of ether oxygens (including phenoxy) is 1. The van der Waals surface area contributed by atoms with Gasteiger partial charge in [-0.15, -0.1) is 0 Å². The first-order valence-electron chi connectivity index (χ1n) is 5.54. The summed E-state index contributed by atoms with van der Waals surface area (Å²) in [5.41, 5.74) is -2.97. The number of aliphatic hydroxyl groups is 1. The van der Waals surface area contributed by atoms with E-state index in [4.69, 9.17) is 17.7 Å². The van der Waals surface area contributed by atoms with Crippen LogP contribution in [-0.2, 0) is 0 Å². The predicted octanol–water partition coefficient (Wildman–Crippen LogP) is 1.90. The van der Waals surface area contributed by atoms with E-state index < -0.39 is 31.0 Å². The molecule has 0 bridgehead atoms.